The van der Waals surface area contributed by atoms with E-state index in [0.29, 0.717) is 29.2 Å². The maximum Gasteiger partial charge on any atom is 0.225 e. The number of para-hydroxylation sites is 1. The molecular weight excluding hydrogens is 354 g/mol. The monoisotopic (exact) mass is 375 g/mol. The van der Waals surface area contributed by atoms with Gasteiger partial charge in [0.05, 0.1) is 6.26 Å². The molecule has 0 radical (unpaired) electrons. The van der Waals surface area contributed by atoms with Crippen LogP contribution in [0.4, 0.5) is 17.5 Å². The summed E-state index contributed by atoms with van der Waals surface area (Å²) in [7, 11) is 0. The van der Waals surface area contributed by atoms with Gasteiger partial charge in [0.1, 0.15) is 5.82 Å². The Hall–Kier alpha value is -3.55. The second kappa shape index (κ2) is 6.88. The molecule has 28 heavy (non-hydrogen) atoms. The van der Waals surface area contributed by atoms with E-state index in [2.05, 4.69) is 49.5 Å². The summed E-state index contributed by atoms with van der Waals surface area (Å²) < 4.78 is 6.93. The number of furan rings is 1. The van der Waals surface area contributed by atoms with E-state index >= 15 is 0 Å². The van der Waals surface area contributed by atoms with Crippen molar-refractivity contribution in [2.24, 2.45) is 0 Å². The molecule has 1 saturated heterocycles. The lowest BCUT2D eigenvalue weighted by molar-refractivity contribution is 0.523. The van der Waals surface area contributed by atoms with Gasteiger partial charge in [0.2, 0.25) is 11.8 Å². The first-order chi connectivity index (χ1) is 13.8. The van der Waals surface area contributed by atoms with Crippen molar-refractivity contribution in [3.05, 3.63) is 54.8 Å². The largest absolute Gasteiger partial charge is 0.461 e. The molecule has 0 atom stereocenters. The van der Waals surface area contributed by atoms with Crippen LogP contribution in [0.2, 0.25) is 0 Å². The van der Waals surface area contributed by atoms with E-state index in [9.17, 15) is 0 Å². The zero-order chi connectivity index (χ0) is 18.9. The molecule has 1 aliphatic rings. The Morgan fingerprint density at radius 1 is 1.04 bits per heavy atom. The van der Waals surface area contributed by atoms with Gasteiger partial charge in [-0.15, -0.1) is 5.10 Å². The molecule has 5 rings (SSSR count). The Bertz CT molecular complexity index is 1070. The Kier molecular flexibility index (Phi) is 4.08. The number of hydrogen-bond donors (Lipinski definition) is 2. The van der Waals surface area contributed by atoms with Crippen molar-refractivity contribution < 1.29 is 4.42 Å². The molecule has 0 saturated carbocycles. The van der Waals surface area contributed by atoms with Crippen LogP contribution >= 0.6 is 0 Å². The van der Waals surface area contributed by atoms with Gasteiger partial charge >= 0.3 is 0 Å². The standard InChI is InChI=1S/C20H21N7O/c21-20-24-17(13-18-23-19(25-27(18)20)16-7-4-12-28-16)26-10-8-15(9-11-26)22-14-5-2-1-3-6-14/h1-7,12-13,15,22H,8-11H2,(H2,21,24). The zero-order valence-electron chi connectivity index (χ0n) is 15.3. The summed E-state index contributed by atoms with van der Waals surface area (Å²) in [5.74, 6) is 2.27. The second-order valence-corrected chi connectivity index (χ2v) is 6.93. The number of nitrogens with zero attached hydrogens (tertiary/aromatic N) is 5. The number of piperidine rings is 1. The number of benzene rings is 1. The van der Waals surface area contributed by atoms with Gasteiger partial charge in [0.15, 0.2) is 11.4 Å². The van der Waals surface area contributed by atoms with Crippen molar-refractivity contribution >= 4 is 23.1 Å². The third kappa shape index (κ3) is 3.13. The first-order valence-electron chi connectivity index (χ1n) is 9.40. The summed E-state index contributed by atoms with van der Waals surface area (Å²) in [5.41, 5.74) is 7.97. The summed E-state index contributed by atoms with van der Waals surface area (Å²) in [5, 5.41) is 8.00. The first-order valence-corrected chi connectivity index (χ1v) is 9.40. The van der Waals surface area contributed by atoms with Crippen LogP contribution in [0.3, 0.4) is 0 Å². The minimum absolute atomic E-state index is 0.322. The SMILES string of the molecule is Nc1nc(N2CCC(Nc3ccccc3)CC2)cc2nc(-c3ccco3)nn12. The molecule has 142 valence electrons. The Morgan fingerprint density at radius 3 is 2.61 bits per heavy atom. The Labute approximate surface area is 162 Å². The summed E-state index contributed by atoms with van der Waals surface area (Å²) in [4.78, 5) is 11.3. The molecule has 8 nitrogen and oxygen atoms in total. The van der Waals surface area contributed by atoms with Crippen LogP contribution in [0.1, 0.15) is 12.8 Å². The molecule has 3 aromatic heterocycles. The molecule has 0 unspecified atom stereocenters. The number of hydrogen-bond acceptors (Lipinski definition) is 7. The van der Waals surface area contributed by atoms with E-state index in [1.54, 1.807) is 10.8 Å². The van der Waals surface area contributed by atoms with Gasteiger partial charge in [-0.2, -0.15) is 9.50 Å². The van der Waals surface area contributed by atoms with Crippen LogP contribution in [0.25, 0.3) is 17.2 Å². The highest BCUT2D eigenvalue weighted by Gasteiger charge is 2.22. The van der Waals surface area contributed by atoms with E-state index in [-0.39, 0.29) is 0 Å². The second-order valence-electron chi connectivity index (χ2n) is 6.93. The fraction of sp³-hybridized carbons (Fsp3) is 0.250. The van der Waals surface area contributed by atoms with Gasteiger partial charge in [-0.05, 0) is 37.1 Å². The van der Waals surface area contributed by atoms with E-state index in [1.165, 1.54) is 5.69 Å². The average molecular weight is 375 g/mol. The van der Waals surface area contributed by atoms with Crippen LogP contribution < -0.4 is 16.0 Å². The number of nitrogens with one attached hydrogen (secondary N) is 1. The first kappa shape index (κ1) is 16.6. The molecule has 1 aliphatic heterocycles. The highest BCUT2D eigenvalue weighted by molar-refractivity contribution is 5.59. The van der Waals surface area contributed by atoms with Crippen molar-refractivity contribution in [3.8, 4) is 11.6 Å². The summed E-state index contributed by atoms with van der Waals surface area (Å²) >= 11 is 0. The van der Waals surface area contributed by atoms with Crippen molar-refractivity contribution in [1.82, 2.24) is 19.6 Å². The van der Waals surface area contributed by atoms with Crippen LogP contribution in [0, 0.1) is 0 Å². The summed E-state index contributed by atoms with van der Waals surface area (Å²) in [6.07, 6.45) is 3.67. The summed E-state index contributed by atoms with van der Waals surface area (Å²) in [6, 6.07) is 16.4. The van der Waals surface area contributed by atoms with Crippen molar-refractivity contribution in [1.29, 1.82) is 0 Å². The quantitative estimate of drug-likeness (QED) is 0.566. The number of anilines is 3. The number of aromatic nitrogens is 4. The van der Waals surface area contributed by atoms with Crippen molar-refractivity contribution in [2.45, 2.75) is 18.9 Å². The minimum atomic E-state index is 0.322. The van der Waals surface area contributed by atoms with E-state index in [1.807, 2.05) is 24.3 Å². The fourth-order valence-electron chi connectivity index (χ4n) is 3.59. The number of fused-ring (bicyclic) bond motifs is 1. The number of rotatable bonds is 4. The van der Waals surface area contributed by atoms with Crippen LogP contribution in [0.5, 0.6) is 0 Å². The number of nitrogen functional groups attached to an aromatic ring is 1. The van der Waals surface area contributed by atoms with Gasteiger partial charge in [-0.1, -0.05) is 18.2 Å². The summed E-state index contributed by atoms with van der Waals surface area (Å²) in [6.45, 7) is 1.82. The fourth-order valence-corrected chi connectivity index (χ4v) is 3.59. The molecule has 0 aliphatic carbocycles. The molecule has 1 fully saturated rings. The van der Waals surface area contributed by atoms with Crippen LogP contribution in [0.15, 0.2) is 59.2 Å². The van der Waals surface area contributed by atoms with E-state index in [4.69, 9.17) is 10.2 Å². The predicted molar refractivity (Wildman–Crippen MR) is 108 cm³/mol. The Balaban J connectivity index is 1.32. The lowest BCUT2D eigenvalue weighted by Crippen LogP contribution is -2.39. The van der Waals surface area contributed by atoms with Crippen LogP contribution in [-0.4, -0.2) is 38.7 Å². The minimum Gasteiger partial charge on any atom is -0.461 e. The van der Waals surface area contributed by atoms with Crippen molar-refractivity contribution in [2.75, 3.05) is 29.0 Å². The maximum atomic E-state index is 6.14. The van der Waals surface area contributed by atoms with Crippen molar-refractivity contribution in [3.63, 3.8) is 0 Å². The van der Waals surface area contributed by atoms with E-state index < -0.39 is 0 Å². The predicted octanol–water partition coefficient (Wildman–Crippen LogP) is 3.05. The molecule has 1 aromatic carbocycles. The maximum absolute atomic E-state index is 6.14. The lowest BCUT2D eigenvalue weighted by Gasteiger charge is -2.33. The van der Waals surface area contributed by atoms with Gasteiger partial charge in [0, 0.05) is 30.9 Å². The third-order valence-electron chi connectivity index (χ3n) is 5.04. The van der Waals surface area contributed by atoms with Gasteiger partial charge in [0.25, 0.3) is 0 Å². The zero-order valence-corrected chi connectivity index (χ0v) is 15.3. The molecule has 0 amide bonds. The molecular formula is C20H21N7O. The third-order valence-corrected chi connectivity index (χ3v) is 5.04. The number of nitrogens with two attached hydrogens (primary N) is 1. The van der Waals surface area contributed by atoms with Gasteiger partial charge < -0.3 is 20.4 Å². The molecule has 0 bridgehead atoms. The molecule has 3 N–H and O–H groups in total. The van der Waals surface area contributed by atoms with E-state index in [0.717, 1.165) is 31.7 Å². The van der Waals surface area contributed by atoms with Crippen LogP contribution in [-0.2, 0) is 0 Å². The average Bonchev–Trinajstić information content (AvgIpc) is 3.39. The normalized spacial score (nSPS) is 15.2. The van der Waals surface area contributed by atoms with Gasteiger partial charge in [-0.3, -0.25) is 0 Å². The highest BCUT2D eigenvalue weighted by atomic mass is 16.3. The van der Waals surface area contributed by atoms with Gasteiger partial charge in [-0.25, -0.2) is 4.98 Å². The Morgan fingerprint density at radius 2 is 1.86 bits per heavy atom. The molecule has 0 spiro atoms. The smallest absolute Gasteiger partial charge is 0.225 e. The molecule has 4 heterocycles. The molecule has 8 heteroatoms. The lowest BCUT2D eigenvalue weighted by atomic mass is 10.0. The highest BCUT2D eigenvalue weighted by Crippen LogP contribution is 2.24. The topological polar surface area (TPSA) is 97.5 Å². The molecule has 4 aromatic rings.